The molecule has 8 heteroatoms. The van der Waals surface area contributed by atoms with Gasteiger partial charge in [0.1, 0.15) is 12.4 Å². The van der Waals surface area contributed by atoms with Gasteiger partial charge in [-0.05, 0) is 25.8 Å². The van der Waals surface area contributed by atoms with Crippen LogP contribution in [-0.2, 0) is 22.7 Å². The maximum absolute atomic E-state index is 12.5. The second kappa shape index (κ2) is 7.50. The summed E-state index contributed by atoms with van der Waals surface area (Å²) in [5.41, 5.74) is 6.24. The zero-order chi connectivity index (χ0) is 17.8. The third-order valence-corrected chi connectivity index (χ3v) is 4.54. The van der Waals surface area contributed by atoms with Crippen molar-refractivity contribution in [1.29, 1.82) is 0 Å². The summed E-state index contributed by atoms with van der Waals surface area (Å²) in [5.74, 6) is 0.710. The third kappa shape index (κ3) is 4.26. The van der Waals surface area contributed by atoms with Crippen molar-refractivity contribution in [2.24, 2.45) is 5.73 Å². The molecule has 3 rings (SSSR count). The van der Waals surface area contributed by atoms with E-state index in [2.05, 4.69) is 10.1 Å². The molecule has 1 aliphatic rings. The molecule has 25 heavy (non-hydrogen) atoms. The number of nitrogens with two attached hydrogens (primary N) is 1. The molecule has 0 saturated carbocycles. The first kappa shape index (κ1) is 17.2. The molecule has 0 aliphatic carbocycles. The number of amides is 2. The van der Waals surface area contributed by atoms with Crippen LogP contribution in [0.2, 0.25) is 0 Å². The zero-order valence-electron chi connectivity index (χ0n) is 14.5. The molecule has 134 valence electrons. The monoisotopic (exact) mass is 344 g/mol. The van der Waals surface area contributed by atoms with E-state index in [9.17, 15) is 9.59 Å². The summed E-state index contributed by atoms with van der Waals surface area (Å²) in [7, 11) is 0. The highest BCUT2D eigenvalue weighted by molar-refractivity contribution is 5.76. The van der Waals surface area contributed by atoms with Crippen LogP contribution in [0, 0.1) is 6.92 Å². The average molecular weight is 344 g/mol. The number of hydrogen-bond acceptors (Lipinski definition) is 4. The number of nitrogens with zero attached hydrogens (tertiary/aromatic N) is 5. The minimum absolute atomic E-state index is 0.123. The maximum atomic E-state index is 12.5. The number of likely N-dealkylation sites (tertiary alicyclic amines) is 1. The molecule has 0 radical (unpaired) electrons. The highest BCUT2D eigenvalue weighted by atomic mass is 16.2. The molecular weight excluding hydrogens is 320 g/mol. The van der Waals surface area contributed by atoms with Gasteiger partial charge in [0.2, 0.25) is 11.8 Å². The van der Waals surface area contributed by atoms with Crippen LogP contribution in [0.5, 0.6) is 0 Å². The Bertz CT molecular complexity index is 750. The van der Waals surface area contributed by atoms with Gasteiger partial charge in [-0.15, -0.1) is 0 Å². The Labute approximate surface area is 146 Å². The van der Waals surface area contributed by atoms with Gasteiger partial charge in [0.15, 0.2) is 0 Å². The number of imidazole rings is 1. The predicted molar refractivity (Wildman–Crippen MR) is 91.6 cm³/mol. The second-order valence-electron chi connectivity index (χ2n) is 6.53. The smallest absolute Gasteiger partial charge is 0.237 e. The predicted octanol–water partition coefficient (Wildman–Crippen LogP) is 0.670. The van der Waals surface area contributed by atoms with E-state index in [0.717, 1.165) is 30.9 Å². The number of carbonyl (C=O) groups is 2. The van der Waals surface area contributed by atoms with Crippen molar-refractivity contribution in [1.82, 2.24) is 24.2 Å². The molecule has 0 spiro atoms. The van der Waals surface area contributed by atoms with Crippen LogP contribution in [0.3, 0.4) is 0 Å². The molecule has 0 bridgehead atoms. The first-order valence-electron chi connectivity index (χ1n) is 8.60. The molecule has 2 aromatic heterocycles. The second-order valence-corrected chi connectivity index (χ2v) is 6.53. The van der Waals surface area contributed by atoms with Crippen molar-refractivity contribution in [3.63, 3.8) is 0 Å². The van der Waals surface area contributed by atoms with Gasteiger partial charge < -0.3 is 15.2 Å². The lowest BCUT2D eigenvalue weighted by Gasteiger charge is -2.32. The number of carbonyl (C=O) groups excluding carboxylic acids is 2. The van der Waals surface area contributed by atoms with Crippen molar-refractivity contribution in [3.8, 4) is 0 Å². The molecule has 1 fully saturated rings. The van der Waals surface area contributed by atoms with Crippen LogP contribution in [0.15, 0.2) is 24.7 Å². The molecule has 2 amide bonds. The first-order valence-corrected chi connectivity index (χ1v) is 8.60. The minimum Gasteiger partial charge on any atom is -0.368 e. The van der Waals surface area contributed by atoms with Gasteiger partial charge in [-0.3, -0.25) is 14.3 Å². The van der Waals surface area contributed by atoms with Crippen molar-refractivity contribution in [2.45, 2.75) is 45.2 Å². The average Bonchev–Trinajstić information content (AvgIpc) is 3.21. The van der Waals surface area contributed by atoms with Crippen LogP contribution in [0.4, 0.5) is 0 Å². The number of aryl methyl sites for hydroxylation is 2. The van der Waals surface area contributed by atoms with Crippen LogP contribution >= 0.6 is 0 Å². The summed E-state index contributed by atoms with van der Waals surface area (Å²) in [6, 6.07) is 1.93. The highest BCUT2D eigenvalue weighted by Crippen LogP contribution is 2.26. The summed E-state index contributed by atoms with van der Waals surface area (Å²) < 4.78 is 3.59. The van der Waals surface area contributed by atoms with Gasteiger partial charge in [-0.1, -0.05) is 0 Å². The van der Waals surface area contributed by atoms with E-state index in [1.165, 1.54) is 0 Å². The Morgan fingerprint density at radius 3 is 2.92 bits per heavy atom. The van der Waals surface area contributed by atoms with E-state index in [0.29, 0.717) is 19.5 Å². The topological polar surface area (TPSA) is 99.0 Å². The summed E-state index contributed by atoms with van der Waals surface area (Å²) in [5, 5.41) is 4.31. The van der Waals surface area contributed by atoms with Gasteiger partial charge in [0, 0.05) is 50.6 Å². The minimum atomic E-state index is -0.391. The highest BCUT2D eigenvalue weighted by Gasteiger charge is 2.27. The van der Waals surface area contributed by atoms with E-state index in [1.54, 1.807) is 21.6 Å². The number of rotatable bonds is 6. The van der Waals surface area contributed by atoms with Crippen molar-refractivity contribution in [2.75, 3.05) is 13.1 Å². The molecule has 1 saturated heterocycles. The zero-order valence-corrected chi connectivity index (χ0v) is 14.5. The van der Waals surface area contributed by atoms with E-state index in [4.69, 9.17) is 5.73 Å². The lowest BCUT2D eigenvalue weighted by molar-refractivity contribution is -0.132. The normalized spacial score (nSPS) is 17.6. The lowest BCUT2D eigenvalue weighted by atomic mass is 9.96. The van der Waals surface area contributed by atoms with E-state index >= 15 is 0 Å². The number of hydrogen-bond donors (Lipinski definition) is 1. The largest absolute Gasteiger partial charge is 0.368 e. The fourth-order valence-corrected chi connectivity index (χ4v) is 3.35. The number of piperidine rings is 1. The van der Waals surface area contributed by atoms with E-state index in [-0.39, 0.29) is 18.4 Å². The number of aromatic nitrogens is 4. The molecule has 2 N–H and O–H groups in total. The molecule has 1 unspecified atom stereocenters. The summed E-state index contributed by atoms with van der Waals surface area (Å²) in [6.07, 6.45) is 7.66. The Morgan fingerprint density at radius 1 is 1.36 bits per heavy atom. The maximum Gasteiger partial charge on any atom is 0.237 e. The number of primary amides is 1. The Kier molecular flexibility index (Phi) is 5.16. The molecule has 2 aromatic rings. The Hall–Kier alpha value is -2.64. The van der Waals surface area contributed by atoms with Gasteiger partial charge in [-0.25, -0.2) is 4.98 Å². The summed E-state index contributed by atoms with van der Waals surface area (Å²) in [4.78, 5) is 30.0. The Balaban J connectivity index is 1.60. The lowest BCUT2D eigenvalue weighted by Crippen LogP contribution is -2.40. The fourth-order valence-electron chi connectivity index (χ4n) is 3.35. The van der Waals surface area contributed by atoms with Crippen LogP contribution in [0.25, 0.3) is 0 Å². The van der Waals surface area contributed by atoms with Gasteiger partial charge >= 0.3 is 0 Å². The quantitative estimate of drug-likeness (QED) is 0.832. The van der Waals surface area contributed by atoms with Gasteiger partial charge in [0.05, 0.1) is 5.69 Å². The SMILES string of the molecule is Cc1ccn(CCC(=O)N2CCCC(c3nccn3CC(N)=O)C2)n1. The van der Waals surface area contributed by atoms with Crippen LogP contribution in [0.1, 0.15) is 36.7 Å². The standard InChI is InChI=1S/C17H24N6O2/c1-13-4-8-23(20-13)9-5-16(25)21-7-2-3-14(11-21)17-19-6-10-22(17)12-15(18)24/h4,6,8,10,14H,2-3,5,7,9,11-12H2,1H3,(H2,18,24). The van der Waals surface area contributed by atoms with Crippen molar-refractivity contribution in [3.05, 3.63) is 36.2 Å². The molecule has 1 aliphatic heterocycles. The van der Waals surface area contributed by atoms with E-state index < -0.39 is 5.91 Å². The summed E-state index contributed by atoms with van der Waals surface area (Å²) >= 11 is 0. The van der Waals surface area contributed by atoms with E-state index in [1.807, 2.05) is 24.1 Å². The summed E-state index contributed by atoms with van der Waals surface area (Å²) in [6.45, 7) is 4.04. The van der Waals surface area contributed by atoms with Gasteiger partial charge in [0.25, 0.3) is 0 Å². The molecule has 3 heterocycles. The van der Waals surface area contributed by atoms with Crippen LogP contribution < -0.4 is 5.73 Å². The molecule has 1 atom stereocenters. The third-order valence-electron chi connectivity index (χ3n) is 4.54. The van der Waals surface area contributed by atoms with Crippen LogP contribution in [-0.4, -0.2) is 49.1 Å². The molecular formula is C17H24N6O2. The first-order chi connectivity index (χ1) is 12.0. The van der Waals surface area contributed by atoms with Crippen molar-refractivity contribution < 1.29 is 9.59 Å². The van der Waals surface area contributed by atoms with Gasteiger partial charge in [-0.2, -0.15) is 5.10 Å². The Morgan fingerprint density at radius 2 is 2.20 bits per heavy atom. The van der Waals surface area contributed by atoms with Crippen molar-refractivity contribution >= 4 is 11.8 Å². The molecule has 0 aromatic carbocycles. The molecule has 8 nitrogen and oxygen atoms in total. The fraction of sp³-hybridized carbons (Fsp3) is 0.529.